The van der Waals surface area contributed by atoms with Crippen LogP contribution < -0.4 is 10.1 Å². The fourth-order valence-corrected chi connectivity index (χ4v) is 5.36. The van der Waals surface area contributed by atoms with Gasteiger partial charge in [0.2, 0.25) is 0 Å². The van der Waals surface area contributed by atoms with Crippen molar-refractivity contribution in [3.8, 4) is 5.75 Å². The molecule has 2 fully saturated rings. The number of piperidine rings is 1. The number of amides is 2. The molecule has 5 rings (SSSR count). The molecule has 2 aromatic carbocycles. The van der Waals surface area contributed by atoms with Gasteiger partial charge in [-0.3, -0.25) is 0 Å². The van der Waals surface area contributed by atoms with Crippen molar-refractivity contribution in [2.45, 2.75) is 38.7 Å². The summed E-state index contributed by atoms with van der Waals surface area (Å²) in [6.45, 7) is 7.52. The van der Waals surface area contributed by atoms with Crippen LogP contribution >= 0.6 is 11.6 Å². The van der Waals surface area contributed by atoms with E-state index in [1.54, 1.807) is 6.07 Å². The highest BCUT2D eigenvalue weighted by atomic mass is 35.5. The fraction of sp³-hybridized carbons (Fsp3) is 0.464. The maximum absolute atomic E-state index is 13.6. The highest BCUT2D eigenvalue weighted by Gasteiger charge is 2.24. The monoisotopic (exact) mass is 540 g/mol. The van der Waals surface area contributed by atoms with Crippen molar-refractivity contribution in [2.24, 2.45) is 0 Å². The second-order valence-corrected chi connectivity index (χ2v) is 10.6. The number of anilines is 2. The van der Waals surface area contributed by atoms with E-state index in [9.17, 15) is 9.18 Å². The number of aryl methyl sites for hydroxylation is 1. The van der Waals surface area contributed by atoms with Crippen LogP contribution in [0.1, 0.15) is 31.2 Å². The molecule has 0 spiro atoms. The summed E-state index contributed by atoms with van der Waals surface area (Å²) in [6.07, 6.45) is 5.58. The van der Waals surface area contributed by atoms with E-state index >= 15 is 0 Å². The molecule has 0 unspecified atom stereocenters. The summed E-state index contributed by atoms with van der Waals surface area (Å²) in [7, 11) is 1.88. The zero-order valence-corrected chi connectivity index (χ0v) is 22.7. The average molecular weight is 541 g/mol. The molecular formula is C28H34ClFN6O2. The van der Waals surface area contributed by atoms with Gasteiger partial charge in [-0.1, -0.05) is 11.6 Å². The number of nitrogens with zero attached hydrogens (tertiary/aromatic N) is 5. The third-order valence-electron chi connectivity index (χ3n) is 7.36. The molecule has 10 heteroatoms. The molecule has 1 N–H and O–H groups in total. The molecule has 2 amide bonds. The van der Waals surface area contributed by atoms with Crippen LogP contribution in [0.2, 0.25) is 5.02 Å². The molecule has 0 radical (unpaired) electrons. The molecule has 2 aliphatic heterocycles. The Labute approximate surface area is 227 Å². The van der Waals surface area contributed by atoms with Crippen LogP contribution in [-0.2, 0) is 0 Å². The van der Waals surface area contributed by atoms with Gasteiger partial charge < -0.3 is 24.8 Å². The van der Waals surface area contributed by atoms with E-state index in [1.165, 1.54) is 18.5 Å². The third kappa shape index (κ3) is 6.10. The summed E-state index contributed by atoms with van der Waals surface area (Å²) in [4.78, 5) is 27.3. The number of hydrogen-bond donors (Lipinski definition) is 1. The molecule has 0 atom stereocenters. The van der Waals surface area contributed by atoms with Crippen LogP contribution in [0.5, 0.6) is 5.75 Å². The number of carbonyl (C=O) groups excluding carboxylic acids is 1. The number of rotatable bonds is 8. The summed E-state index contributed by atoms with van der Waals surface area (Å²) < 4.78 is 20.0. The third-order valence-corrected chi connectivity index (χ3v) is 7.65. The van der Waals surface area contributed by atoms with E-state index in [0.717, 1.165) is 87.2 Å². The Bertz CT molecular complexity index is 1300. The molecule has 38 heavy (non-hydrogen) atoms. The minimum Gasteiger partial charge on any atom is -0.490 e. The van der Waals surface area contributed by atoms with Crippen molar-refractivity contribution in [3.05, 3.63) is 53.1 Å². The summed E-state index contributed by atoms with van der Waals surface area (Å²) in [5.74, 6) is 0.960. The molecule has 3 aromatic rings. The van der Waals surface area contributed by atoms with E-state index < -0.39 is 5.82 Å². The van der Waals surface area contributed by atoms with Crippen molar-refractivity contribution < 1.29 is 13.9 Å². The van der Waals surface area contributed by atoms with Crippen molar-refractivity contribution in [2.75, 3.05) is 51.6 Å². The topological polar surface area (TPSA) is 73.8 Å². The smallest absolute Gasteiger partial charge is 0.319 e. The van der Waals surface area contributed by atoms with Gasteiger partial charge in [0.05, 0.1) is 10.5 Å². The number of urea groups is 1. The lowest BCUT2D eigenvalue weighted by molar-refractivity contribution is 0.0956. The minimum atomic E-state index is -0.466. The Morgan fingerprint density at radius 2 is 1.92 bits per heavy atom. The van der Waals surface area contributed by atoms with Crippen LogP contribution in [-0.4, -0.2) is 83.1 Å². The molecule has 0 aliphatic carbocycles. The minimum absolute atomic E-state index is 0.0483. The standard InChI is InChI=1S/C28H34ClFN6O2/c1-19-15-25-22(27(32-18-31-25)33-20-5-6-24(30)23(29)16-20)17-26(19)38-21-7-13-35(14-8-21)10-4-12-36-11-3-9-34(2)28(36)37/h5-6,15-18,21H,3-4,7-14H2,1-2H3,(H,31,32,33). The Morgan fingerprint density at radius 3 is 2.71 bits per heavy atom. The number of benzene rings is 2. The fourth-order valence-electron chi connectivity index (χ4n) is 5.18. The van der Waals surface area contributed by atoms with Crippen LogP contribution in [0, 0.1) is 12.7 Å². The summed E-state index contributed by atoms with van der Waals surface area (Å²) in [5.41, 5.74) is 2.46. The zero-order chi connectivity index (χ0) is 26.6. The molecule has 3 heterocycles. The number of aromatic nitrogens is 2. The van der Waals surface area contributed by atoms with Gasteiger partial charge in [-0.05, 0) is 75.0 Å². The van der Waals surface area contributed by atoms with E-state index in [-0.39, 0.29) is 17.2 Å². The number of nitrogens with one attached hydrogen (secondary N) is 1. The second kappa shape index (κ2) is 11.7. The van der Waals surface area contributed by atoms with Gasteiger partial charge in [-0.2, -0.15) is 0 Å². The van der Waals surface area contributed by atoms with Gasteiger partial charge in [0.15, 0.2) is 0 Å². The van der Waals surface area contributed by atoms with Gasteiger partial charge >= 0.3 is 6.03 Å². The quantitative estimate of drug-likeness (QED) is 0.409. The average Bonchev–Trinajstić information content (AvgIpc) is 2.90. The lowest BCUT2D eigenvalue weighted by Gasteiger charge is -2.35. The molecule has 1 aromatic heterocycles. The maximum Gasteiger partial charge on any atom is 0.319 e. The molecule has 2 aliphatic rings. The van der Waals surface area contributed by atoms with Crippen LogP contribution in [0.4, 0.5) is 20.7 Å². The summed E-state index contributed by atoms with van der Waals surface area (Å²) >= 11 is 5.95. The van der Waals surface area contributed by atoms with E-state index in [1.807, 2.05) is 35.9 Å². The largest absolute Gasteiger partial charge is 0.490 e. The SMILES string of the molecule is Cc1cc2ncnc(Nc3ccc(F)c(Cl)c3)c2cc1OC1CCN(CCCN2CCCN(C)C2=O)CC1. The molecule has 0 bridgehead atoms. The van der Waals surface area contributed by atoms with E-state index in [0.29, 0.717) is 11.5 Å². The van der Waals surface area contributed by atoms with E-state index in [4.69, 9.17) is 16.3 Å². The number of hydrogen-bond acceptors (Lipinski definition) is 6. The van der Waals surface area contributed by atoms with Crippen molar-refractivity contribution >= 4 is 40.0 Å². The first-order valence-electron chi connectivity index (χ1n) is 13.2. The first kappa shape index (κ1) is 26.4. The van der Waals surface area contributed by atoms with Crippen molar-refractivity contribution in [1.82, 2.24) is 24.7 Å². The highest BCUT2D eigenvalue weighted by molar-refractivity contribution is 6.31. The lowest BCUT2D eigenvalue weighted by Crippen LogP contribution is -2.48. The van der Waals surface area contributed by atoms with Crippen LogP contribution in [0.25, 0.3) is 10.9 Å². The summed E-state index contributed by atoms with van der Waals surface area (Å²) in [6, 6.07) is 8.62. The molecule has 8 nitrogen and oxygen atoms in total. The summed E-state index contributed by atoms with van der Waals surface area (Å²) in [5, 5.41) is 4.10. The second-order valence-electron chi connectivity index (χ2n) is 10.2. The number of halogens is 2. The highest BCUT2D eigenvalue weighted by Crippen LogP contribution is 2.32. The number of likely N-dealkylation sites (tertiary alicyclic amines) is 1. The zero-order valence-electron chi connectivity index (χ0n) is 21.9. The Hall–Kier alpha value is -3.17. The lowest BCUT2D eigenvalue weighted by atomic mass is 10.1. The Morgan fingerprint density at radius 1 is 1.11 bits per heavy atom. The van der Waals surface area contributed by atoms with Gasteiger partial charge in [0.25, 0.3) is 0 Å². The van der Waals surface area contributed by atoms with E-state index in [2.05, 4.69) is 20.2 Å². The molecule has 0 saturated carbocycles. The van der Waals surface area contributed by atoms with Crippen LogP contribution in [0.3, 0.4) is 0 Å². The predicted octanol–water partition coefficient (Wildman–Crippen LogP) is 5.47. The first-order chi connectivity index (χ1) is 18.4. The van der Waals surface area contributed by atoms with Gasteiger partial charge in [0.1, 0.15) is 29.8 Å². The van der Waals surface area contributed by atoms with Crippen molar-refractivity contribution in [3.63, 3.8) is 0 Å². The van der Waals surface area contributed by atoms with Crippen LogP contribution in [0.15, 0.2) is 36.7 Å². The van der Waals surface area contributed by atoms with Gasteiger partial charge in [-0.15, -0.1) is 0 Å². The normalized spacial score (nSPS) is 17.3. The Balaban J connectivity index is 1.18. The number of fused-ring (bicyclic) bond motifs is 1. The van der Waals surface area contributed by atoms with Gasteiger partial charge in [0, 0.05) is 50.8 Å². The molecule has 2 saturated heterocycles. The maximum atomic E-state index is 13.6. The molecular weight excluding hydrogens is 507 g/mol. The molecule has 202 valence electrons. The van der Waals surface area contributed by atoms with Crippen molar-refractivity contribution in [1.29, 1.82) is 0 Å². The first-order valence-corrected chi connectivity index (χ1v) is 13.6. The Kier molecular flexibility index (Phi) is 8.14. The van der Waals surface area contributed by atoms with Gasteiger partial charge in [-0.25, -0.2) is 19.2 Å². The predicted molar refractivity (Wildman–Crippen MR) is 148 cm³/mol. The number of ether oxygens (including phenoxy) is 1. The number of carbonyl (C=O) groups is 1.